The van der Waals surface area contributed by atoms with Crippen LogP contribution in [-0.4, -0.2) is 50.9 Å². The molecule has 2 rings (SSSR count). The highest BCUT2D eigenvalue weighted by molar-refractivity contribution is 5.82. The van der Waals surface area contributed by atoms with Crippen molar-refractivity contribution in [3.05, 3.63) is 18.5 Å². The molecular weight excluding hydrogens is 296 g/mol. The van der Waals surface area contributed by atoms with Gasteiger partial charge < -0.3 is 15.3 Å². The first-order valence-corrected chi connectivity index (χ1v) is 8.23. The quantitative estimate of drug-likeness (QED) is 0.836. The number of carbonyl (C=O) groups is 2. The van der Waals surface area contributed by atoms with Crippen LogP contribution in [0.15, 0.2) is 18.5 Å². The molecule has 2 amide bonds. The number of nitrogens with one attached hydrogen (secondary N) is 1. The Morgan fingerprint density at radius 3 is 2.57 bits per heavy atom. The van der Waals surface area contributed by atoms with Gasteiger partial charge in [-0.2, -0.15) is 5.10 Å². The van der Waals surface area contributed by atoms with Crippen molar-refractivity contribution < 1.29 is 14.7 Å². The van der Waals surface area contributed by atoms with Crippen LogP contribution in [-0.2, 0) is 11.3 Å². The van der Waals surface area contributed by atoms with E-state index in [1.807, 2.05) is 16.9 Å². The van der Waals surface area contributed by atoms with Crippen LogP contribution < -0.4 is 5.32 Å². The summed E-state index contributed by atoms with van der Waals surface area (Å²) in [5.74, 6) is -0.533. The minimum absolute atomic E-state index is 0.136. The molecule has 0 unspecified atom stereocenters. The van der Waals surface area contributed by atoms with E-state index in [0.29, 0.717) is 19.0 Å². The Hall–Kier alpha value is -2.05. The van der Waals surface area contributed by atoms with E-state index in [1.54, 1.807) is 24.9 Å². The fourth-order valence-electron chi connectivity index (χ4n) is 2.91. The van der Waals surface area contributed by atoms with Crippen molar-refractivity contribution in [1.29, 1.82) is 0 Å². The minimum Gasteiger partial charge on any atom is -0.480 e. The molecule has 1 fully saturated rings. The van der Waals surface area contributed by atoms with E-state index in [1.165, 1.54) is 0 Å². The first-order chi connectivity index (χ1) is 11.0. The zero-order chi connectivity index (χ0) is 16.8. The Balaban J connectivity index is 1.74. The van der Waals surface area contributed by atoms with Crippen molar-refractivity contribution in [3.63, 3.8) is 0 Å². The number of piperidine rings is 1. The van der Waals surface area contributed by atoms with Crippen LogP contribution in [0, 0.1) is 11.8 Å². The smallest absolute Gasteiger partial charge is 0.326 e. The third kappa shape index (κ3) is 4.97. The van der Waals surface area contributed by atoms with Crippen LogP contribution in [0.5, 0.6) is 0 Å². The summed E-state index contributed by atoms with van der Waals surface area (Å²) in [5.41, 5.74) is 0. The summed E-state index contributed by atoms with van der Waals surface area (Å²) in [6.45, 7) is 5.85. The van der Waals surface area contributed by atoms with Crippen LogP contribution >= 0.6 is 0 Å². The topological polar surface area (TPSA) is 87.5 Å². The van der Waals surface area contributed by atoms with Crippen molar-refractivity contribution in [2.45, 2.75) is 45.7 Å². The van der Waals surface area contributed by atoms with Gasteiger partial charge in [0, 0.05) is 32.0 Å². The SMILES string of the molecule is CC(C)[C@H](NC(=O)N1CCC(CCn2cccn2)CC1)C(=O)O. The number of hydrogen-bond acceptors (Lipinski definition) is 3. The van der Waals surface area contributed by atoms with E-state index < -0.39 is 12.0 Å². The predicted octanol–water partition coefficient (Wildman–Crippen LogP) is 1.80. The fraction of sp³-hybridized carbons (Fsp3) is 0.688. The predicted molar refractivity (Wildman–Crippen MR) is 85.9 cm³/mol. The second kappa shape index (κ2) is 7.99. The largest absolute Gasteiger partial charge is 0.480 e. The van der Waals surface area contributed by atoms with Crippen LogP contribution in [0.1, 0.15) is 33.1 Å². The maximum Gasteiger partial charge on any atom is 0.326 e. The summed E-state index contributed by atoms with van der Waals surface area (Å²) in [4.78, 5) is 25.1. The molecule has 0 spiro atoms. The molecule has 7 nitrogen and oxygen atoms in total. The molecule has 0 aliphatic carbocycles. The Morgan fingerprint density at radius 1 is 1.35 bits per heavy atom. The molecular formula is C16H26N4O3. The Morgan fingerprint density at radius 2 is 2.04 bits per heavy atom. The lowest BCUT2D eigenvalue weighted by Gasteiger charge is -2.33. The molecule has 0 radical (unpaired) electrons. The molecule has 1 saturated heterocycles. The van der Waals surface area contributed by atoms with Gasteiger partial charge in [-0.25, -0.2) is 9.59 Å². The Labute approximate surface area is 136 Å². The van der Waals surface area contributed by atoms with E-state index >= 15 is 0 Å². The van der Waals surface area contributed by atoms with Gasteiger partial charge in [0.05, 0.1) is 0 Å². The standard InChI is InChI=1S/C16H26N4O3/c1-12(2)14(15(21)22)18-16(23)19-9-4-13(5-10-19)6-11-20-8-3-7-17-20/h3,7-8,12-14H,4-6,9-11H2,1-2H3,(H,18,23)(H,21,22)/t14-/m0/s1. The Bertz CT molecular complexity index is 507. The number of likely N-dealkylation sites (tertiary alicyclic amines) is 1. The zero-order valence-electron chi connectivity index (χ0n) is 13.8. The molecule has 128 valence electrons. The highest BCUT2D eigenvalue weighted by atomic mass is 16.4. The zero-order valence-corrected chi connectivity index (χ0v) is 13.8. The lowest BCUT2D eigenvalue weighted by atomic mass is 9.93. The molecule has 0 saturated carbocycles. The van der Waals surface area contributed by atoms with Crippen molar-refractivity contribution >= 4 is 12.0 Å². The summed E-state index contributed by atoms with van der Waals surface area (Å²) in [7, 11) is 0. The molecule has 7 heteroatoms. The van der Waals surface area contributed by atoms with E-state index in [0.717, 1.165) is 25.8 Å². The molecule has 0 bridgehead atoms. The summed E-state index contributed by atoms with van der Waals surface area (Å²) >= 11 is 0. The molecule has 1 aromatic rings. The highest BCUT2D eigenvalue weighted by Gasteiger charge is 2.28. The number of aromatic nitrogens is 2. The number of carboxylic acids is 1. The number of carbonyl (C=O) groups excluding carboxylic acids is 1. The summed E-state index contributed by atoms with van der Waals surface area (Å²) in [6.07, 6.45) is 6.70. The molecule has 1 aliphatic heterocycles. The molecule has 2 N–H and O–H groups in total. The van der Waals surface area contributed by atoms with Gasteiger partial charge in [0.25, 0.3) is 0 Å². The second-order valence-corrected chi connectivity index (χ2v) is 6.50. The molecule has 1 atom stereocenters. The number of hydrogen-bond donors (Lipinski definition) is 2. The highest BCUT2D eigenvalue weighted by Crippen LogP contribution is 2.21. The van der Waals surface area contributed by atoms with Gasteiger partial charge >= 0.3 is 12.0 Å². The minimum atomic E-state index is -0.984. The fourth-order valence-corrected chi connectivity index (χ4v) is 2.91. The monoisotopic (exact) mass is 322 g/mol. The first kappa shape index (κ1) is 17.3. The van der Waals surface area contributed by atoms with E-state index in [4.69, 9.17) is 5.11 Å². The second-order valence-electron chi connectivity index (χ2n) is 6.50. The normalized spacial score (nSPS) is 17.3. The van der Waals surface area contributed by atoms with Gasteiger partial charge in [-0.15, -0.1) is 0 Å². The van der Waals surface area contributed by atoms with Crippen LogP contribution in [0.2, 0.25) is 0 Å². The molecule has 23 heavy (non-hydrogen) atoms. The van der Waals surface area contributed by atoms with Crippen molar-refractivity contribution in [3.8, 4) is 0 Å². The summed E-state index contributed by atoms with van der Waals surface area (Å²) in [6, 6.07) is 0.817. The van der Waals surface area contributed by atoms with E-state index in [9.17, 15) is 9.59 Å². The summed E-state index contributed by atoms with van der Waals surface area (Å²) < 4.78 is 1.93. The number of urea groups is 1. The third-order valence-electron chi connectivity index (χ3n) is 4.44. The third-order valence-corrected chi connectivity index (χ3v) is 4.44. The number of nitrogens with zero attached hydrogens (tertiary/aromatic N) is 3. The van der Waals surface area contributed by atoms with Gasteiger partial charge in [-0.1, -0.05) is 13.8 Å². The maximum atomic E-state index is 12.2. The van der Waals surface area contributed by atoms with Gasteiger partial charge in [0.1, 0.15) is 6.04 Å². The van der Waals surface area contributed by atoms with E-state index in [-0.39, 0.29) is 11.9 Å². The maximum absolute atomic E-state index is 12.2. The number of aryl methyl sites for hydroxylation is 1. The average molecular weight is 322 g/mol. The van der Waals surface area contributed by atoms with Crippen molar-refractivity contribution in [2.75, 3.05) is 13.1 Å². The van der Waals surface area contributed by atoms with Gasteiger partial charge in [0.15, 0.2) is 0 Å². The Kier molecular flexibility index (Phi) is 6.01. The van der Waals surface area contributed by atoms with Gasteiger partial charge in [0.2, 0.25) is 0 Å². The van der Waals surface area contributed by atoms with Gasteiger partial charge in [-0.05, 0) is 37.2 Å². The molecule has 1 aliphatic rings. The lowest BCUT2D eigenvalue weighted by molar-refractivity contribution is -0.140. The van der Waals surface area contributed by atoms with Crippen LogP contribution in [0.25, 0.3) is 0 Å². The number of rotatable bonds is 6. The van der Waals surface area contributed by atoms with Crippen LogP contribution in [0.4, 0.5) is 4.79 Å². The first-order valence-electron chi connectivity index (χ1n) is 8.23. The molecule has 2 heterocycles. The van der Waals surface area contributed by atoms with Crippen molar-refractivity contribution in [2.24, 2.45) is 11.8 Å². The number of carboxylic acid groups (broad SMARTS) is 1. The average Bonchev–Trinajstić information content (AvgIpc) is 3.03. The van der Waals surface area contributed by atoms with E-state index in [2.05, 4.69) is 10.4 Å². The molecule has 0 aromatic carbocycles. The lowest BCUT2D eigenvalue weighted by Crippen LogP contribution is -2.51. The number of aliphatic carboxylic acids is 1. The number of amides is 2. The van der Waals surface area contributed by atoms with Gasteiger partial charge in [-0.3, -0.25) is 4.68 Å². The summed E-state index contributed by atoms with van der Waals surface area (Å²) in [5, 5.41) is 16.0. The van der Waals surface area contributed by atoms with Crippen LogP contribution in [0.3, 0.4) is 0 Å². The molecule has 1 aromatic heterocycles. The van der Waals surface area contributed by atoms with Crippen molar-refractivity contribution in [1.82, 2.24) is 20.0 Å².